The first-order valence-corrected chi connectivity index (χ1v) is 16.2. The van der Waals surface area contributed by atoms with Crippen LogP contribution in [0.25, 0.3) is 0 Å². The maximum Gasteiger partial charge on any atom is 0.133 e. The third kappa shape index (κ3) is 7.76. The molecule has 0 spiro atoms. The van der Waals surface area contributed by atoms with Crippen molar-refractivity contribution in [3.8, 4) is 0 Å². The normalized spacial score (nSPS) is 15.3. The Hall–Kier alpha value is -2.98. The van der Waals surface area contributed by atoms with E-state index in [0.717, 1.165) is 50.8 Å². The molecule has 5 rings (SSSR count). The molecule has 0 fully saturated rings. The van der Waals surface area contributed by atoms with E-state index in [-0.39, 0.29) is 23.1 Å². The molecule has 2 nitrogen and oxygen atoms in total. The number of aryl methyl sites for hydroxylation is 1. The molecule has 0 bridgehead atoms. The summed E-state index contributed by atoms with van der Waals surface area (Å²) >= 11 is 12.7. The van der Waals surface area contributed by atoms with Crippen LogP contribution in [0.2, 0.25) is 10.0 Å². The Kier molecular flexibility index (Phi) is 10.7. The summed E-state index contributed by atoms with van der Waals surface area (Å²) in [7, 11) is 0. The molecule has 0 radical (unpaired) electrons. The van der Waals surface area contributed by atoms with Crippen LogP contribution in [0.3, 0.4) is 0 Å². The predicted molar refractivity (Wildman–Crippen MR) is 177 cm³/mol. The molecule has 224 valence electrons. The first-order chi connectivity index (χ1) is 20.9. The van der Waals surface area contributed by atoms with Crippen LogP contribution >= 0.6 is 23.2 Å². The van der Waals surface area contributed by atoms with Crippen LogP contribution < -0.4 is 0 Å². The minimum Gasteiger partial charge on any atom is -0.300 e. The Morgan fingerprint density at radius 3 is 2.09 bits per heavy atom. The molecule has 5 heteroatoms. The molecule has 4 aromatic carbocycles. The van der Waals surface area contributed by atoms with Crippen LogP contribution in [0.5, 0.6) is 0 Å². The number of Topliss-reactive ketones (excluding diaryl/α,β-unsaturated/α-hetero) is 1. The van der Waals surface area contributed by atoms with Crippen LogP contribution in [-0.4, -0.2) is 23.8 Å². The lowest BCUT2D eigenvalue weighted by atomic mass is 9.68. The van der Waals surface area contributed by atoms with Gasteiger partial charge in [0.15, 0.2) is 0 Å². The van der Waals surface area contributed by atoms with Gasteiger partial charge in [-0.2, -0.15) is 0 Å². The minimum atomic E-state index is -0.248. The van der Waals surface area contributed by atoms with Crippen LogP contribution in [0.4, 0.5) is 4.39 Å². The number of nitrogens with zero attached hydrogens (tertiary/aromatic N) is 1. The number of carbonyl (C=O) groups excluding carboxylic acids is 1. The van der Waals surface area contributed by atoms with E-state index in [1.165, 1.54) is 34.4 Å². The van der Waals surface area contributed by atoms with E-state index in [1.54, 1.807) is 12.1 Å². The van der Waals surface area contributed by atoms with Crippen molar-refractivity contribution in [3.63, 3.8) is 0 Å². The molecule has 0 aromatic heterocycles. The highest BCUT2D eigenvalue weighted by atomic mass is 35.5. The van der Waals surface area contributed by atoms with Gasteiger partial charge in [0.1, 0.15) is 11.6 Å². The van der Waals surface area contributed by atoms with Crippen molar-refractivity contribution in [1.82, 2.24) is 4.90 Å². The van der Waals surface area contributed by atoms with E-state index in [1.807, 2.05) is 12.1 Å². The number of benzene rings is 4. The van der Waals surface area contributed by atoms with E-state index < -0.39 is 0 Å². The van der Waals surface area contributed by atoms with Gasteiger partial charge < -0.3 is 0 Å². The monoisotopic (exact) mass is 615 g/mol. The van der Waals surface area contributed by atoms with Gasteiger partial charge in [-0.25, -0.2) is 4.39 Å². The lowest BCUT2D eigenvalue weighted by Crippen LogP contribution is -2.36. The zero-order valence-corrected chi connectivity index (χ0v) is 26.4. The molecule has 0 N–H and O–H groups in total. The first-order valence-electron chi connectivity index (χ1n) is 15.4. The third-order valence-corrected chi connectivity index (χ3v) is 9.94. The standard InChI is InChI=1S/C38H40Cl2FNO/c1-28-35-27-37(40)36(39)26-30(35)21-25-42(28)24-9-23-38(31-10-4-2-5-11-31,32-12-6-3-7-13-32)22-8-14-34(43)20-17-29-15-18-33(41)19-16-29/h2-7,10-13,15-16,18-19,26-28H,8-9,14,17,20-25H2,1H3. The van der Waals surface area contributed by atoms with Crippen molar-refractivity contribution in [3.05, 3.63) is 141 Å². The number of hydrogen-bond acceptors (Lipinski definition) is 2. The summed E-state index contributed by atoms with van der Waals surface area (Å²) in [5, 5.41) is 1.25. The smallest absolute Gasteiger partial charge is 0.133 e. The van der Waals surface area contributed by atoms with Crippen molar-refractivity contribution in [1.29, 1.82) is 0 Å². The highest BCUT2D eigenvalue weighted by molar-refractivity contribution is 6.42. The molecule has 0 aliphatic carbocycles. The van der Waals surface area contributed by atoms with Gasteiger partial charge in [-0.1, -0.05) is 96.0 Å². The molecule has 0 amide bonds. The Morgan fingerprint density at radius 1 is 0.837 bits per heavy atom. The summed E-state index contributed by atoms with van der Waals surface area (Å²) in [6.45, 7) is 4.25. The minimum absolute atomic E-state index is 0.187. The molecule has 43 heavy (non-hydrogen) atoms. The van der Waals surface area contributed by atoms with Crippen molar-refractivity contribution < 1.29 is 9.18 Å². The molecular weight excluding hydrogens is 576 g/mol. The largest absolute Gasteiger partial charge is 0.300 e. The lowest BCUT2D eigenvalue weighted by molar-refractivity contribution is -0.119. The zero-order chi connectivity index (χ0) is 30.2. The molecule has 1 atom stereocenters. The fraction of sp³-hybridized carbons (Fsp3) is 0.342. The molecule has 0 saturated heterocycles. The molecule has 1 aliphatic heterocycles. The molecule has 0 saturated carbocycles. The highest BCUT2D eigenvalue weighted by Gasteiger charge is 2.34. The fourth-order valence-corrected chi connectivity index (χ4v) is 7.14. The van der Waals surface area contributed by atoms with Gasteiger partial charge in [-0.05, 0) is 104 Å². The summed E-state index contributed by atoms with van der Waals surface area (Å²) in [6, 6.07) is 32.4. The van der Waals surface area contributed by atoms with Crippen molar-refractivity contribution in [2.24, 2.45) is 0 Å². The summed E-state index contributed by atoms with van der Waals surface area (Å²) in [5.41, 5.74) is 5.99. The highest BCUT2D eigenvalue weighted by Crippen LogP contribution is 2.42. The van der Waals surface area contributed by atoms with E-state index in [4.69, 9.17) is 23.2 Å². The van der Waals surface area contributed by atoms with Gasteiger partial charge in [0.05, 0.1) is 10.0 Å². The third-order valence-electron chi connectivity index (χ3n) is 9.21. The number of ketones is 1. The maximum absolute atomic E-state index is 13.3. The average Bonchev–Trinajstić information content (AvgIpc) is 3.03. The zero-order valence-electron chi connectivity index (χ0n) is 24.9. The van der Waals surface area contributed by atoms with Crippen LogP contribution in [0.1, 0.15) is 79.3 Å². The number of carbonyl (C=O) groups is 1. The topological polar surface area (TPSA) is 20.3 Å². The van der Waals surface area contributed by atoms with Crippen LogP contribution in [0, 0.1) is 5.82 Å². The van der Waals surface area contributed by atoms with Gasteiger partial charge >= 0.3 is 0 Å². The molecule has 1 aliphatic rings. The van der Waals surface area contributed by atoms with Gasteiger partial charge in [0.2, 0.25) is 0 Å². The van der Waals surface area contributed by atoms with Crippen molar-refractivity contribution in [2.45, 2.75) is 69.7 Å². The van der Waals surface area contributed by atoms with E-state index in [9.17, 15) is 9.18 Å². The Morgan fingerprint density at radius 2 is 1.44 bits per heavy atom. The summed E-state index contributed by atoms with van der Waals surface area (Å²) < 4.78 is 13.3. The second-order valence-electron chi connectivity index (χ2n) is 11.9. The van der Waals surface area contributed by atoms with E-state index in [2.05, 4.69) is 72.5 Å². The maximum atomic E-state index is 13.3. The van der Waals surface area contributed by atoms with Crippen LogP contribution in [0.15, 0.2) is 97.1 Å². The molecular formula is C38H40Cl2FNO. The summed E-state index contributed by atoms with van der Waals surface area (Å²) in [4.78, 5) is 15.5. The van der Waals surface area contributed by atoms with E-state index >= 15 is 0 Å². The van der Waals surface area contributed by atoms with Gasteiger partial charge in [0, 0.05) is 30.8 Å². The first kappa shape index (κ1) is 31.4. The van der Waals surface area contributed by atoms with E-state index in [0.29, 0.717) is 29.3 Å². The number of halogens is 3. The average molecular weight is 617 g/mol. The second-order valence-corrected chi connectivity index (χ2v) is 12.7. The lowest BCUT2D eigenvalue weighted by Gasteiger charge is -2.39. The van der Waals surface area contributed by atoms with Gasteiger partial charge in [0.25, 0.3) is 0 Å². The van der Waals surface area contributed by atoms with Crippen LogP contribution in [-0.2, 0) is 23.1 Å². The Bertz CT molecular complexity index is 1450. The summed E-state index contributed by atoms with van der Waals surface area (Å²) in [5.74, 6) is 0.0148. The van der Waals surface area contributed by atoms with Crippen molar-refractivity contribution in [2.75, 3.05) is 13.1 Å². The quantitative estimate of drug-likeness (QED) is 0.149. The summed E-state index contributed by atoms with van der Waals surface area (Å²) in [6.07, 6.45) is 6.39. The molecule has 4 aromatic rings. The Labute approximate surface area is 265 Å². The van der Waals surface area contributed by atoms with Gasteiger partial charge in [-0.15, -0.1) is 0 Å². The van der Waals surface area contributed by atoms with Gasteiger partial charge in [-0.3, -0.25) is 9.69 Å². The second kappa shape index (κ2) is 14.7. The number of hydrogen-bond donors (Lipinski definition) is 0. The van der Waals surface area contributed by atoms with Crippen molar-refractivity contribution >= 4 is 29.0 Å². The fourth-order valence-electron chi connectivity index (χ4n) is 6.78. The number of fused-ring (bicyclic) bond motifs is 1. The SMILES string of the molecule is CC1c2cc(Cl)c(Cl)cc2CCN1CCCC(CCCC(=O)CCc1ccc(F)cc1)(c1ccccc1)c1ccccc1. The molecule has 1 heterocycles. The predicted octanol–water partition coefficient (Wildman–Crippen LogP) is 10.2. The number of rotatable bonds is 13. The Balaban J connectivity index is 1.29. The molecule has 1 unspecified atom stereocenters.